The average Bonchev–Trinajstić information content (AvgIpc) is 2.97. The molecule has 1 amide bonds. The standard InChI is InChI=1S/C18H15FN2O2/c1-2-11-3-6-13(7-4-11)21-18(23)17(22)15-10-20-16-9-12(19)5-8-14(15)16/h3-10,20H,2H2,1H3,(H,21,23). The van der Waals surface area contributed by atoms with E-state index in [9.17, 15) is 14.0 Å². The Morgan fingerprint density at radius 1 is 1.13 bits per heavy atom. The molecule has 2 N–H and O–H groups in total. The van der Waals surface area contributed by atoms with Gasteiger partial charge in [0, 0.05) is 22.8 Å². The fourth-order valence-corrected chi connectivity index (χ4v) is 2.42. The number of H-pyrrole nitrogens is 1. The van der Waals surface area contributed by atoms with E-state index in [2.05, 4.69) is 10.3 Å². The predicted molar refractivity (Wildman–Crippen MR) is 87.0 cm³/mol. The summed E-state index contributed by atoms with van der Waals surface area (Å²) in [5.74, 6) is -1.79. The molecule has 116 valence electrons. The van der Waals surface area contributed by atoms with Gasteiger partial charge in [0.2, 0.25) is 0 Å². The number of aromatic amines is 1. The molecular formula is C18H15FN2O2. The zero-order valence-electron chi connectivity index (χ0n) is 12.5. The lowest BCUT2D eigenvalue weighted by molar-refractivity contribution is -0.112. The van der Waals surface area contributed by atoms with Gasteiger partial charge in [0.1, 0.15) is 5.82 Å². The van der Waals surface area contributed by atoms with Crippen LogP contribution in [0, 0.1) is 5.82 Å². The summed E-state index contributed by atoms with van der Waals surface area (Å²) in [4.78, 5) is 27.2. The molecular weight excluding hydrogens is 295 g/mol. The van der Waals surface area contributed by atoms with Gasteiger partial charge in [-0.1, -0.05) is 19.1 Å². The highest BCUT2D eigenvalue weighted by molar-refractivity contribution is 6.48. The first kappa shape index (κ1) is 15.0. The molecule has 3 aromatic rings. The lowest BCUT2D eigenvalue weighted by Gasteiger charge is -2.05. The van der Waals surface area contributed by atoms with Crippen LogP contribution in [0.5, 0.6) is 0 Å². The Balaban J connectivity index is 1.82. The predicted octanol–water partition coefficient (Wildman–Crippen LogP) is 3.69. The number of fused-ring (bicyclic) bond motifs is 1. The van der Waals surface area contributed by atoms with E-state index in [0.717, 1.165) is 12.0 Å². The van der Waals surface area contributed by atoms with E-state index in [1.54, 1.807) is 12.1 Å². The third-order valence-electron chi connectivity index (χ3n) is 3.71. The van der Waals surface area contributed by atoms with Crippen LogP contribution in [0.3, 0.4) is 0 Å². The minimum absolute atomic E-state index is 0.225. The molecule has 5 heteroatoms. The number of halogens is 1. The van der Waals surface area contributed by atoms with Crippen molar-refractivity contribution in [2.24, 2.45) is 0 Å². The molecule has 1 aromatic heterocycles. The Bertz CT molecular complexity index is 882. The smallest absolute Gasteiger partial charge is 0.296 e. The van der Waals surface area contributed by atoms with Gasteiger partial charge in [-0.2, -0.15) is 0 Å². The highest BCUT2D eigenvalue weighted by Gasteiger charge is 2.20. The fourth-order valence-electron chi connectivity index (χ4n) is 2.42. The SMILES string of the molecule is CCc1ccc(NC(=O)C(=O)c2c[nH]c3cc(F)ccc23)cc1. The first-order valence-electron chi connectivity index (χ1n) is 7.29. The molecule has 0 atom stereocenters. The summed E-state index contributed by atoms with van der Waals surface area (Å²) in [5.41, 5.74) is 2.41. The van der Waals surface area contributed by atoms with Crippen LogP contribution in [0.25, 0.3) is 10.9 Å². The summed E-state index contributed by atoms with van der Waals surface area (Å²) in [7, 11) is 0. The highest BCUT2D eigenvalue weighted by Crippen LogP contribution is 2.20. The van der Waals surface area contributed by atoms with Crippen molar-refractivity contribution in [1.82, 2.24) is 4.98 Å². The second kappa shape index (κ2) is 6.04. The van der Waals surface area contributed by atoms with Gasteiger partial charge in [-0.25, -0.2) is 4.39 Å². The normalized spacial score (nSPS) is 10.7. The van der Waals surface area contributed by atoms with E-state index in [-0.39, 0.29) is 5.56 Å². The maximum Gasteiger partial charge on any atom is 0.296 e. The van der Waals surface area contributed by atoms with Crippen molar-refractivity contribution < 1.29 is 14.0 Å². The minimum atomic E-state index is -0.723. The number of Topliss-reactive ketones (excluding diaryl/α,β-unsaturated/α-hetero) is 1. The van der Waals surface area contributed by atoms with Gasteiger partial charge in [-0.3, -0.25) is 9.59 Å². The molecule has 23 heavy (non-hydrogen) atoms. The van der Waals surface area contributed by atoms with E-state index in [1.807, 2.05) is 19.1 Å². The first-order valence-corrected chi connectivity index (χ1v) is 7.29. The topological polar surface area (TPSA) is 62.0 Å². The molecule has 1 heterocycles. The average molecular weight is 310 g/mol. The molecule has 0 unspecified atom stereocenters. The van der Waals surface area contributed by atoms with Gasteiger partial charge in [-0.05, 0) is 42.3 Å². The van der Waals surface area contributed by atoms with Crippen LogP contribution in [-0.2, 0) is 11.2 Å². The monoisotopic (exact) mass is 310 g/mol. The molecule has 0 fully saturated rings. The highest BCUT2D eigenvalue weighted by atomic mass is 19.1. The molecule has 2 aromatic carbocycles. The van der Waals surface area contributed by atoms with Gasteiger partial charge in [0.05, 0.1) is 5.56 Å². The second-order valence-electron chi connectivity index (χ2n) is 5.23. The van der Waals surface area contributed by atoms with Gasteiger partial charge < -0.3 is 10.3 Å². The maximum atomic E-state index is 13.2. The number of carbonyl (C=O) groups is 2. The molecule has 0 saturated carbocycles. The van der Waals surface area contributed by atoms with Crippen LogP contribution in [-0.4, -0.2) is 16.7 Å². The zero-order valence-corrected chi connectivity index (χ0v) is 12.5. The number of benzene rings is 2. The molecule has 0 spiro atoms. The first-order chi connectivity index (χ1) is 11.1. The lowest BCUT2D eigenvalue weighted by Crippen LogP contribution is -2.22. The Hall–Kier alpha value is -2.95. The fraction of sp³-hybridized carbons (Fsp3) is 0.111. The van der Waals surface area contributed by atoms with Crippen molar-refractivity contribution in [2.45, 2.75) is 13.3 Å². The van der Waals surface area contributed by atoms with Crippen LogP contribution in [0.4, 0.5) is 10.1 Å². The van der Waals surface area contributed by atoms with Gasteiger partial charge in [-0.15, -0.1) is 0 Å². The summed E-state index contributed by atoms with van der Waals surface area (Å²) in [5, 5.41) is 3.10. The van der Waals surface area contributed by atoms with Crippen LogP contribution in [0.1, 0.15) is 22.8 Å². The molecule has 0 radical (unpaired) electrons. The molecule has 0 aliphatic carbocycles. The van der Waals surface area contributed by atoms with Gasteiger partial charge in [0.15, 0.2) is 0 Å². The number of hydrogen-bond donors (Lipinski definition) is 2. The largest absolute Gasteiger partial charge is 0.360 e. The molecule has 4 nitrogen and oxygen atoms in total. The van der Waals surface area contributed by atoms with Crippen LogP contribution in [0.2, 0.25) is 0 Å². The third kappa shape index (κ3) is 2.99. The number of ketones is 1. The molecule has 0 saturated heterocycles. The summed E-state index contributed by atoms with van der Waals surface area (Å²) in [6, 6.07) is 11.3. The third-order valence-corrected chi connectivity index (χ3v) is 3.71. The summed E-state index contributed by atoms with van der Waals surface area (Å²) in [6.45, 7) is 2.04. The number of nitrogens with one attached hydrogen (secondary N) is 2. The number of anilines is 1. The number of aryl methyl sites for hydroxylation is 1. The van der Waals surface area contributed by atoms with Crippen LogP contribution in [0.15, 0.2) is 48.7 Å². The molecule has 0 aliphatic rings. The van der Waals surface area contributed by atoms with Crippen molar-refractivity contribution in [2.75, 3.05) is 5.32 Å². The van der Waals surface area contributed by atoms with E-state index >= 15 is 0 Å². The molecule has 0 bridgehead atoms. The quantitative estimate of drug-likeness (QED) is 0.570. The second-order valence-corrected chi connectivity index (χ2v) is 5.23. The maximum absolute atomic E-state index is 13.2. The van der Waals surface area contributed by atoms with Crippen molar-refractivity contribution in [3.05, 3.63) is 65.6 Å². The van der Waals surface area contributed by atoms with Gasteiger partial charge >= 0.3 is 0 Å². The van der Waals surface area contributed by atoms with Crippen LogP contribution < -0.4 is 5.32 Å². The molecule has 0 aliphatic heterocycles. The number of rotatable bonds is 4. The van der Waals surface area contributed by atoms with Crippen LogP contribution >= 0.6 is 0 Å². The Morgan fingerprint density at radius 3 is 2.57 bits per heavy atom. The Kier molecular flexibility index (Phi) is 3.93. The lowest BCUT2D eigenvalue weighted by atomic mass is 10.1. The number of aromatic nitrogens is 1. The summed E-state index contributed by atoms with van der Waals surface area (Å²) in [6.07, 6.45) is 2.32. The van der Waals surface area contributed by atoms with E-state index in [0.29, 0.717) is 16.6 Å². The summed E-state index contributed by atoms with van der Waals surface area (Å²) >= 11 is 0. The van der Waals surface area contributed by atoms with Gasteiger partial charge in [0.25, 0.3) is 11.7 Å². The van der Waals surface area contributed by atoms with E-state index in [4.69, 9.17) is 0 Å². The Morgan fingerprint density at radius 2 is 1.87 bits per heavy atom. The van der Waals surface area contributed by atoms with Crippen molar-refractivity contribution in [3.63, 3.8) is 0 Å². The van der Waals surface area contributed by atoms with Crippen molar-refractivity contribution in [3.8, 4) is 0 Å². The van der Waals surface area contributed by atoms with E-state index < -0.39 is 17.5 Å². The Labute approximate surface area is 132 Å². The minimum Gasteiger partial charge on any atom is -0.360 e. The zero-order chi connectivity index (χ0) is 16.4. The number of carbonyl (C=O) groups excluding carboxylic acids is 2. The van der Waals surface area contributed by atoms with Crippen molar-refractivity contribution >= 4 is 28.3 Å². The number of hydrogen-bond acceptors (Lipinski definition) is 2. The molecule has 3 rings (SSSR count). The summed E-state index contributed by atoms with van der Waals surface area (Å²) < 4.78 is 13.2. The number of amides is 1. The van der Waals surface area contributed by atoms with Crippen molar-refractivity contribution in [1.29, 1.82) is 0 Å². The van der Waals surface area contributed by atoms with E-state index in [1.165, 1.54) is 24.4 Å².